The van der Waals surface area contributed by atoms with Gasteiger partial charge in [0, 0.05) is 52.4 Å². The van der Waals surface area contributed by atoms with Crippen LogP contribution < -0.4 is 10.6 Å². The fourth-order valence-electron chi connectivity index (χ4n) is 2.59. The molecule has 0 aromatic heterocycles. The molecular weight excluding hydrogens is 268 g/mol. The van der Waals surface area contributed by atoms with Crippen molar-refractivity contribution in [3.05, 3.63) is 23.8 Å². The molecule has 0 saturated carbocycles. The number of nitrogen functional groups attached to an aromatic ring is 1. The number of hydrogen-bond donors (Lipinski definition) is 2. The van der Waals surface area contributed by atoms with E-state index in [-0.39, 0.29) is 12.5 Å². The second-order valence-corrected chi connectivity index (χ2v) is 5.53. The van der Waals surface area contributed by atoms with E-state index < -0.39 is 0 Å². The molecular formula is C15H24N4O2. The Morgan fingerprint density at radius 3 is 2.48 bits per heavy atom. The molecule has 0 bridgehead atoms. The van der Waals surface area contributed by atoms with Gasteiger partial charge in [0.25, 0.3) is 5.91 Å². The number of benzene rings is 1. The highest BCUT2D eigenvalue weighted by Crippen LogP contribution is 2.25. The molecule has 1 aliphatic rings. The van der Waals surface area contributed by atoms with E-state index in [2.05, 4.69) is 9.80 Å². The summed E-state index contributed by atoms with van der Waals surface area (Å²) >= 11 is 0. The van der Waals surface area contributed by atoms with Gasteiger partial charge in [0.2, 0.25) is 0 Å². The molecule has 1 aromatic carbocycles. The smallest absolute Gasteiger partial charge is 0.253 e. The molecule has 3 N–H and O–H groups in total. The van der Waals surface area contributed by atoms with E-state index in [1.54, 1.807) is 25.1 Å². The minimum atomic E-state index is -0.0407. The Bertz CT molecular complexity index is 496. The van der Waals surface area contributed by atoms with Crippen molar-refractivity contribution in [3.8, 4) is 0 Å². The van der Waals surface area contributed by atoms with Crippen molar-refractivity contribution >= 4 is 17.3 Å². The van der Waals surface area contributed by atoms with E-state index in [1.165, 1.54) is 0 Å². The summed E-state index contributed by atoms with van der Waals surface area (Å²) in [4.78, 5) is 17.9. The topological polar surface area (TPSA) is 73.0 Å². The predicted molar refractivity (Wildman–Crippen MR) is 84.6 cm³/mol. The number of rotatable bonds is 4. The average molecular weight is 292 g/mol. The van der Waals surface area contributed by atoms with Crippen LogP contribution in [0.3, 0.4) is 0 Å². The van der Waals surface area contributed by atoms with E-state index in [0.717, 1.165) is 38.4 Å². The van der Waals surface area contributed by atoms with Gasteiger partial charge in [-0.3, -0.25) is 9.69 Å². The number of nitrogens with two attached hydrogens (primary N) is 1. The molecule has 1 heterocycles. The highest BCUT2D eigenvalue weighted by molar-refractivity contribution is 5.95. The van der Waals surface area contributed by atoms with Crippen LogP contribution in [-0.2, 0) is 0 Å². The number of piperazine rings is 1. The molecule has 1 aliphatic heterocycles. The molecule has 116 valence electrons. The SMILES string of the molecule is CN(C)C(=O)c1ccc(N2CCN(CCO)CC2)c(N)c1. The van der Waals surface area contributed by atoms with Crippen LogP contribution in [-0.4, -0.2) is 74.2 Å². The minimum Gasteiger partial charge on any atom is -0.397 e. The van der Waals surface area contributed by atoms with Crippen molar-refractivity contribution in [1.82, 2.24) is 9.80 Å². The number of anilines is 2. The normalized spacial score (nSPS) is 16.0. The van der Waals surface area contributed by atoms with Gasteiger partial charge in [-0.15, -0.1) is 0 Å². The molecule has 0 aliphatic carbocycles. The van der Waals surface area contributed by atoms with Gasteiger partial charge in [0.05, 0.1) is 18.0 Å². The number of β-amino-alcohol motifs (C(OH)–C–C–N with tert-alkyl or cyclic N) is 1. The zero-order chi connectivity index (χ0) is 15.4. The molecule has 1 amide bonds. The van der Waals surface area contributed by atoms with E-state index >= 15 is 0 Å². The van der Waals surface area contributed by atoms with Crippen LogP contribution in [0.2, 0.25) is 0 Å². The summed E-state index contributed by atoms with van der Waals surface area (Å²) in [6, 6.07) is 5.50. The Labute approximate surface area is 125 Å². The van der Waals surface area contributed by atoms with E-state index in [9.17, 15) is 4.79 Å². The molecule has 1 aromatic rings. The lowest BCUT2D eigenvalue weighted by Crippen LogP contribution is -2.47. The molecule has 1 fully saturated rings. The second-order valence-electron chi connectivity index (χ2n) is 5.53. The maximum absolute atomic E-state index is 11.9. The fraction of sp³-hybridized carbons (Fsp3) is 0.533. The summed E-state index contributed by atoms with van der Waals surface area (Å²) in [5.74, 6) is -0.0407. The third-order valence-corrected chi connectivity index (χ3v) is 3.81. The van der Waals surface area contributed by atoms with Gasteiger partial charge in [0.15, 0.2) is 0 Å². The number of amides is 1. The van der Waals surface area contributed by atoms with Gasteiger partial charge >= 0.3 is 0 Å². The second kappa shape index (κ2) is 6.78. The Balaban J connectivity index is 2.07. The van der Waals surface area contributed by atoms with Crippen molar-refractivity contribution in [2.24, 2.45) is 0 Å². The van der Waals surface area contributed by atoms with Crippen molar-refractivity contribution < 1.29 is 9.90 Å². The van der Waals surface area contributed by atoms with E-state index in [1.807, 2.05) is 12.1 Å². The van der Waals surface area contributed by atoms with Crippen LogP contribution in [0.25, 0.3) is 0 Å². The highest BCUT2D eigenvalue weighted by atomic mass is 16.3. The summed E-state index contributed by atoms with van der Waals surface area (Å²) in [6.45, 7) is 4.51. The molecule has 6 nitrogen and oxygen atoms in total. The first-order valence-corrected chi connectivity index (χ1v) is 7.22. The number of nitrogens with zero attached hydrogens (tertiary/aromatic N) is 3. The predicted octanol–water partition coefficient (Wildman–Crippen LogP) is 0.0849. The van der Waals surface area contributed by atoms with Gasteiger partial charge < -0.3 is 20.6 Å². The fourth-order valence-corrected chi connectivity index (χ4v) is 2.59. The standard InChI is InChI=1S/C15H24N4O2/c1-17(2)15(21)12-3-4-14(13(16)11-12)19-7-5-18(6-8-19)9-10-20/h3-4,11,20H,5-10,16H2,1-2H3. The van der Waals surface area contributed by atoms with Gasteiger partial charge in [-0.25, -0.2) is 0 Å². The molecule has 6 heteroatoms. The summed E-state index contributed by atoms with van der Waals surface area (Å²) < 4.78 is 0. The lowest BCUT2D eigenvalue weighted by atomic mass is 10.1. The number of hydrogen-bond acceptors (Lipinski definition) is 5. The maximum Gasteiger partial charge on any atom is 0.253 e. The van der Waals surface area contributed by atoms with E-state index in [4.69, 9.17) is 10.8 Å². The quantitative estimate of drug-likeness (QED) is 0.769. The van der Waals surface area contributed by atoms with Crippen molar-refractivity contribution in [1.29, 1.82) is 0 Å². The first-order valence-electron chi connectivity index (χ1n) is 7.22. The molecule has 0 spiro atoms. The average Bonchev–Trinajstić information content (AvgIpc) is 2.47. The van der Waals surface area contributed by atoms with Crippen LogP contribution in [0.5, 0.6) is 0 Å². The van der Waals surface area contributed by atoms with Crippen LogP contribution in [0, 0.1) is 0 Å². The van der Waals surface area contributed by atoms with Gasteiger partial charge in [-0.1, -0.05) is 0 Å². The highest BCUT2D eigenvalue weighted by Gasteiger charge is 2.19. The van der Waals surface area contributed by atoms with E-state index in [0.29, 0.717) is 11.3 Å². The summed E-state index contributed by atoms with van der Waals surface area (Å²) in [5, 5.41) is 8.96. The van der Waals surface area contributed by atoms with Crippen LogP contribution in [0.1, 0.15) is 10.4 Å². The van der Waals surface area contributed by atoms with Gasteiger partial charge in [-0.05, 0) is 18.2 Å². The minimum absolute atomic E-state index is 0.0407. The van der Waals surface area contributed by atoms with Crippen LogP contribution in [0.15, 0.2) is 18.2 Å². The zero-order valence-electron chi connectivity index (χ0n) is 12.7. The molecule has 0 unspecified atom stereocenters. The summed E-state index contributed by atoms with van der Waals surface area (Å²) in [6.07, 6.45) is 0. The molecule has 0 atom stereocenters. The Hall–Kier alpha value is -1.79. The number of aliphatic hydroxyl groups excluding tert-OH is 1. The third kappa shape index (κ3) is 3.65. The first-order chi connectivity index (χ1) is 10.0. The van der Waals surface area contributed by atoms with Crippen molar-refractivity contribution in [3.63, 3.8) is 0 Å². The maximum atomic E-state index is 11.9. The van der Waals surface area contributed by atoms with Crippen molar-refractivity contribution in [2.75, 3.05) is 64.1 Å². The number of carbonyl (C=O) groups excluding carboxylic acids is 1. The molecule has 2 rings (SSSR count). The molecule has 1 saturated heterocycles. The Kier molecular flexibility index (Phi) is 5.03. The monoisotopic (exact) mass is 292 g/mol. The summed E-state index contributed by atoms with van der Waals surface area (Å²) in [7, 11) is 3.46. The molecule has 21 heavy (non-hydrogen) atoms. The van der Waals surface area contributed by atoms with Crippen molar-refractivity contribution in [2.45, 2.75) is 0 Å². The van der Waals surface area contributed by atoms with Crippen LogP contribution >= 0.6 is 0 Å². The largest absolute Gasteiger partial charge is 0.397 e. The molecule has 0 radical (unpaired) electrons. The Morgan fingerprint density at radius 2 is 1.95 bits per heavy atom. The zero-order valence-corrected chi connectivity index (χ0v) is 12.7. The number of aliphatic hydroxyl groups is 1. The van der Waals surface area contributed by atoms with Gasteiger partial charge in [-0.2, -0.15) is 0 Å². The third-order valence-electron chi connectivity index (χ3n) is 3.81. The van der Waals surface area contributed by atoms with Gasteiger partial charge in [0.1, 0.15) is 0 Å². The first kappa shape index (κ1) is 15.6. The summed E-state index contributed by atoms with van der Waals surface area (Å²) in [5.41, 5.74) is 8.35. The lowest BCUT2D eigenvalue weighted by Gasteiger charge is -2.36. The Morgan fingerprint density at radius 1 is 1.29 bits per heavy atom. The number of carbonyl (C=O) groups is 1. The van der Waals surface area contributed by atoms with Crippen LogP contribution in [0.4, 0.5) is 11.4 Å². The lowest BCUT2D eigenvalue weighted by molar-refractivity contribution is 0.0827.